The highest BCUT2D eigenvalue weighted by Gasteiger charge is 2.13. The first-order valence-electron chi connectivity index (χ1n) is 5.66. The average molecular weight is 372 g/mol. The van der Waals surface area contributed by atoms with Gasteiger partial charge in [-0.3, -0.25) is 10.1 Å². The number of rotatable bonds is 2. The number of hydrogen-bond acceptors (Lipinski definition) is 4. The maximum absolute atomic E-state index is 12.0. The Morgan fingerprint density at radius 2 is 2.25 bits per heavy atom. The van der Waals surface area contributed by atoms with Gasteiger partial charge in [0.05, 0.1) is 10.2 Å². The summed E-state index contributed by atoms with van der Waals surface area (Å²) in [5, 5.41) is 3.89. The Labute approximate surface area is 131 Å². The number of thiazole rings is 1. The molecule has 4 nitrogen and oxygen atoms in total. The van der Waals surface area contributed by atoms with Crippen LogP contribution in [-0.4, -0.2) is 10.9 Å². The van der Waals surface area contributed by atoms with Gasteiger partial charge < -0.3 is 4.42 Å². The number of hydrogen-bond donors (Lipinski definition) is 1. The molecule has 0 spiro atoms. The molecular weight excluding hydrogens is 364 g/mol. The van der Waals surface area contributed by atoms with E-state index in [1.807, 2.05) is 13.0 Å². The van der Waals surface area contributed by atoms with Crippen molar-refractivity contribution in [2.45, 2.75) is 6.92 Å². The minimum Gasteiger partial charge on any atom is -0.444 e. The highest BCUT2D eigenvalue weighted by Crippen LogP contribution is 2.30. The van der Waals surface area contributed by atoms with Crippen LogP contribution in [0.1, 0.15) is 16.1 Å². The van der Waals surface area contributed by atoms with E-state index in [2.05, 4.69) is 26.2 Å². The molecule has 1 aromatic carbocycles. The standard InChI is InChI=1S/C13H8BrClN2O2S/c1-6-4-10-8(5-7(6)15)16-13(20-10)17-12(18)9-2-3-11(14)19-9/h2-5H,1H3,(H,16,17,18). The van der Waals surface area contributed by atoms with E-state index >= 15 is 0 Å². The molecule has 102 valence electrons. The number of carbonyl (C=O) groups excluding carboxylic acids is 1. The van der Waals surface area contributed by atoms with Gasteiger partial charge in [-0.1, -0.05) is 22.9 Å². The Balaban J connectivity index is 1.89. The Hall–Kier alpha value is -1.37. The van der Waals surface area contributed by atoms with Crippen LogP contribution in [0.5, 0.6) is 0 Å². The van der Waals surface area contributed by atoms with Crippen LogP contribution in [0.3, 0.4) is 0 Å². The second-order valence-electron chi connectivity index (χ2n) is 4.15. The van der Waals surface area contributed by atoms with Gasteiger partial charge in [0.25, 0.3) is 5.91 Å². The molecule has 7 heteroatoms. The molecule has 0 aliphatic heterocycles. The van der Waals surface area contributed by atoms with E-state index in [9.17, 15) is 4.79 Å². The normalized spacial score (nSPS) is 10.9. The van der Waals surface area contributed by atoms with Crippen molar-refractivity contribution in [2.75, 3.05) is 5.32 Å². The molecule has 2 aromatic heterocycles. The highest BCUT2D eigenvalue weighted by atomic mass is 79.9. The molecular formula is C13H8BrClN2O2S. The first kappa shape index (κ1) is 13.6. The van der Waals surface area contributed by atoms with Gasteiger partial charge in [0.15, 0.2) is 15.6 Å². The number of furan rings is 1. The molecule has 0 fully saturated rings. The van der Waals surface area contributed by atoms with E-state index < -0.39 is 0 Å². The molecule has 3 aromatic rings. The SMILES string of the molecule is Cc1cc2sc(NC(=O)c3ccc(Br)o3)nc2cc1Cl. The van der Waals surface area contributed by atoms with Crippen LogP contribution in [-0.2, 0) is 0 Å². The topological polar surface area (TPSA) is 55.1 Å². The number of anilines is 1. The van der Waals surface area contributed by atoms with Crippen LogP contribution in [0.15, 0.2) is 33.4 Å². The van der Waals surface area contributed by atoms with E-state index in [0.717, 1.165) is 15.8 Å². The van der Waals surface area contributed by atoms with Gasteiger partial charge in [-0.05, 0) is 52.7 Å². The van der Waals surface area contributed by atoms with Gasteiger partial charge in [0.2, 0.25) is 0 Å². The average Bonchev–Trinajstić information content (AvgIpc) is 2.96. The fraction of sp³-hybridized carbons (Fsp3) is 0.0769. The quantitative estimate of drug-likeness (QED) is 0.699. The number of fused-ring (bicyclic) bond motifs is 1. The molecule has 0 radical (unpaired) electrons. The monoisotopic (exact) mass is 370 g/mol. The summed E-state index contributed by atoms with van der Waals surface area (Å²) in [6.07, 6.45) is 0. The lowest BCUT2D eigenvalue weighted by Crippen LogP contribution is -2.10. The number of nitrogens with one attached hydrogen (secondary N) is 1. The second kappa shape index (κ2) is 5.20. The Morgan fingerprint density at radius 1 is 1.45 bits per heavy atom. The molecule has 20 heavy (non-hydrogen) atoms. The minimum absolute atomic E-state index is 0.227. The minimum atomic E-state index is -0.336. The summed E-state index contributed by atoms with van der Waals surface area (Å²) < 4.78 is 6.67. The van der Waals surface area contributed by atoms with Gasteiger partial charge in [-0.2, -0.15) is 0 Å². The number of carbonyl (C=O) groups is 1. The molecule has 0 saturated heterocycles. The third kappa shape index (κ3) is 2.59. The molecule has 0 bridgehead atoms. The fourth-order valence-electron chi connectivity index (χ4n) is 1.70. The van der Waals surface area contributed by atoms with E-state index in [1.165, 1.54) is 11.3 Å². The molecule has 1 amide bonds. The van der Waals surface area contributed by atoms with Crippen molar-refractivity contribution in [3.8, 4) is 0 Å². The van der Waals surface area contributed by atoms with Crippen molar-refractivity contribution in [2.24, 2.45) is 0 Å². The Kier molecular flexibility index (Phi) is 3.54. The van der Waals surface area contributed by atoms with Gasteiger partial charge in [0, 0.05) is 5.02 Å². The number of amides is 1. The lowest BCUT2D eigenvalue weighted by molar-refractivity contribution is 0.0995. The molecule has 0 atom stereocenters. The van der Waals surface area contributed by atoms with Crippen molar-refractivity contribution in [1.82, 2.24) is 4.98 Å². The fourth-order valence-corrected chi connectivity index (χ4v) is 3.10. The maximum Gasteiger partial charge on any atom is 0.293 e. The lowest BCUT2D eigenvalue weighted by Gasteiger charge is -1.96. The summed E-state index contributed by atoms with van der Waals surface area (Å²) >= 11 is 10.6. The summed E-state index contributed by atoms with van der Waals surface area (Å²) in [7, 11) is 0. The smallest absolute Gasteiger partial charge is 0.293 e. The van der Waals surface area contributed by atoms with Crippen LogP contribution in [0, 0.1) is 6.92 Å². The zero-order valence-corrected chi connectivity index (χ0v) is 13.4. The molecule has 0 aliphatic carbocycles. The second-order valence-corrected chi connectivity index (χ2v) is 6.37. The summed E-state index contributed by atoms with van der Waals surface area (Å²) in [5.74, 6) is -0.108. The first-order chi connectivity index (χ1) is 9.52. The van der Waals surface area contributed by atoms with Crippen LogP contribution >= 0.6 is 38.9 Å². The first-order valence-corrected chi connectivity index (χ1v) is 7.65. The van der Waals surface area contributed by atoms with Gasteiger partial charge in [0.1, 0.15) is 0 Å². The summed E-state index contributed by atoms with van der Waals surface area (Å²) in [5.41, 5.74) is 1.75. The van der Waals surface area contributed by atoms with Crippen molar-refractivity contribution in [3.63, 3.8) is 0 Å². The Morgan fingerprint density at radius 3 is 2.95 bits per heavy atom. The number of aromatic nitrogens is 1. The van der Waals surface area contributed by atoms with Crippen LogP contribution in [0.25, 0.3) is 10.2 Å². The van der Waals surface area contributed by atoms with Gasteiger partial charge in [-0.15, -0.1) is 0 Å². The third-order valence-corrected chi connectivity index (χ3v) is 4.45. The lowest BCUT2D eigenvalue weighted by atomic mass is 10.2. The third-order valence-electron chi connectivity index (χ3n) is 2.69. The van der Waals surface area contributed by atoms with Gasteiger partial charge >= 0.3 is 0 Å². The Bertz CT molecular complexity index is 773. The highest BCUT2D eigenvalue weighted by molar-refractivity contribution is 9.10. The zero-order chi connectivity index (χ0) is 14.3. The summed E-state index contributed by atoms with van der Waals surface area (Å²) in [6, 6.07) is 7.00. The molecule has 0 aliphatic rings. The van der Waals surface area contributed by atoms with Crippen LogP contribution in [0.2, 0.25) is 5.02 Å². The van der Waals surface area contributed by atoms with E-state index in [4.69, 9.17) is 16.0 Å². The zero-order valence-electron chi connectivity index (χ0n) is 10.2. The van der Waals surface area contributed by atoms with Crippen molar-refractivity contribution in [3.05, 3.63) is 45.3 Å². The van der Waals surface area contributed by atoms with E-state index in [0.29, 0.717) is 14.8 Å². The predicted octanol–water partition coefficient (Wildman–Crippen LogP) is 4.87. The molecule has 0 unspecified atom stereocenters. The van der Waals surface area contributed by atoms with Crippen LogP contribution in [0.4, 0.5) is 5.13 Å². The van der Waals surface area contributed by atoms with E-state index in [-0.39, 0.29) is 11.7 Å². The summed E-state index contributed by atoms with van der Waals surface area (Å²) in [4.78, 5) is 16.3. The molecule has 2 heterocycles. The molecule has 3 rings (SSSR count). The largest absolute Gasteiger partial charge is 0.444 e. The number of nitrogens with zero attached hydrogens (tertiary/aromatic N) is 1. The molecule has 0 saturated carbocycles. The number of benzene rings is 1. The van der Waals surface area contributed by atoms with Crippen molar-refractivity contribution < 1.29 is 9.21 Å². The van der Waals surface area contributed by atoms with Crippen molar-refractivity contribution >= 4 is 60.1 Å². The van der Waals surface area contributed by atoms with E-state index in [1.54, 1.807) is 18.2 Å². The molecule has 1 N–H and O–H groups in total. The van der Waals surface area contributed by atoms with Crippen molar-refractivity contribution in [1.29, 1.82) is 0 Å². The van der Waals surface area contributed by atoms with Crippen LogP contribution < -0.4 is 5.32 Å². The van der Waals surface area contributed by atoms with Gasteiger partial charge in [-0.25, -0.2) is 4.98 Å². The maximum atomic E-state index is 12.0. The number of halogens is 2. The predicted molar refractivity (Wildman–Crippen MR) is 83.7 cm³/mol. The number of aryl methyl sites for hydroxylation is 1. The summed E-state index contributed by atoms with van der Waals surface area (Å²) in [6.45, 7) is 1.93.